The Morgan fingerprint density at radius 3 is 2.68 bits per heavy atom. The molecule has 0 aliphatic rings. The van der Waals surface area contributed by atoms with Gasteiger partial charge in [-0.3, -0.25) is 9.36 Å². The van der Waals surface area contributed by atoms with E-state index >= 15 is 0 Å². The van der Waals surface area contributed by atoms with Gasteiger partial charge in [-0.2, -0.15) is 0 Å². The maximum absolute atomic E-state index is 13.2. The maximum atomic E-state index is 13.2. The molecular weight excluding hydrogens is 397 g/mol. The molecule has 1 amide bonds. The van der Waals surface area contributed by atoms with Gasteiger partial charge < -0.3 is 5.32 Å². The Morgan fingerprint density at radius 1 is 1.36 bits per heavy atom. The number of aromatic nitrogens is 4. The molecule has 3 aromatic rings. The number of aryl methyl sites for hydroxylation is 2. The molecule has 0 saturated heterocycles. The molecule has 0 aliphatic carbocycles. The highest BCUT2D eigenvalue weighted by atomic mass is 32.2. The Morgan fingerprint density at radius 2 is 2.07 bits per heavy atom. The van der Waals surface area contributed by atoms with Gasteiger partial charge in [-0.1, -0.05) is 17.8 Å². The molecule has 2 heterocycles. The Bertz CT molecular complexity index is 977. The first-order chi connectivity index (χ1) is 13.4. The molecule has 1 atom stereocenters. The van der Waals surface area contributed by atoms with Crippen molar-refractivity contribution in [2.24, 2.45) is 0 Å². The normalized spacial score (nSPS) is 12.0. The van der Waals surface area contributed by atoms with Gasteiger partial charge in [0.1, 0.15) is 5.82 Å². The molecule has 0 fully saturated rings. The summed E-state index contributed by atoms with van der Waals surface area (Å²) in [6.45, 7) is 9.93. The van der Waals surface area contributed by atoms with Crippen LogP contribution < -0.4 is 5.32 Å². The topological polar surface area (TPSA) is 72.7 Å². The standard InChI is InChI=1S/C19H20FN5OS2/c1-5-10-25-16(14-6-8-15(20)9-7-14)23-24-19(25)28-13(4)17(26)22-18-21-11(2)12(3)27-18/h5-9,13H,1,10H2,2-4H3,(H,21,22,26). The van der Waals surface area contributed by atoms with Gasteiger partial charge in [-0.05, 0) is 45.0 Å². The zero-order valence-corrected chi connectivity index (χ0v) is 17.4. The van der Waals surface area contributed by atoms with Crippen molar-refractivity contribution in [1.29, 1.82) is 0 Å². The predicted octanol–water partition coefficient (Wildman–Crippen LogP) is 4.46. The lowest BCUT2D eigenvalue weighted by molar-refractivity contribution is -0.115. The molecule has 0 bridgehead atoms. The first-order valence-electron chi connectivity index (χ1n) is 8.60. The Kier molecular flexibility index (Phi) is 6.25. The van der Waals surface area contributed by atoms with E-state index in [-0.39, 0.29) is 11.7 Å². The van der Waals surface area contributed by atoms with Crippen molar-refractivity contribution >= 4 is 34.1 Å². The van der Waals surface area contributed by atoms with Crippen molar-refractivity contribution in [3.8, 4) is 11.4 Å². The Balaban J connectivity index is 1.78. The van der Waals surface area contributed by atoms with Crippen LogP contribution in [0.4, 0.5) is 9.52 Å². The van der Waals surface area contributed by atoms with Gasteiger partial charge in [0.2, 0.25) is 5.91 Å². The van der Waals surface area contributed by atoms with E-state index in [1.54, 1.807) is 25.1 Å². The minimum Gasteiger partial charge on any atom is -0.301 e. The van der Waals surface area contributed by atoms with Crippen LogP contribution in [0, 0.1) is 19.7 Å². The summed E-state index contributed by atoms with van der Waals surface area (Å²) < 4.78 is 15.1. The molecule has 146 valence electrons. The zero-order valence-electron chi connectivity index (χ0n) is 15.8. The second kappa shape index (κ2) is 8.66. The van der Waals surface area contributed by atoms with Crippen LogP contribution in [0.1, 0.15) is 17.5 Å². The summed E-state index contributed by atoms with van der Waals surface area (Å²) in [5.74, 6) is 0.127. The summed E-state index contributed by atoms with van der Waals surface area (Å²) in [5, 5.41) is 12.1. The molecule has 1 N–H and O–H groups in total. The SMILES string of the molecule is C=CCn1c(SC(C)C(=O)Nc2nc(C)c(C)s2)nnc1-c1ccc(F)cc1. The minimum absolute atomic E-state index is 0.157. The highest BCUT2D eigenvalue weighted by Gasteiger charge is 2.21. The molecule has 6 nitrogen and oxygen atoms in total. The number of hydrogen-bond acceptors (Lipinski definition) is 6. The summed E-state index contributed by atoms with van der Waals surface area (Å²) in [6, 6.07) is 6.06. The lowest BCUT2D eigenvalue weighted by Crippen LogP contribution is -2.22. The van der Waals surface area contributed by atoms with E-state index in [9.17, 15) is 9.18 Å². The summed E-state index contributed by atoms with van der Waals surface area (Å²) >= 11 is 2.75. The van der Waals surface area contributed by atoms with Crippen LogP contribution in [-0.4, -0.2) is 30.9 Å². The summed E-state index contributed by atoms with van der Waals surface area (Å²) in [4.78, 5) is 17.9. The van der Waals surface area contributed by atoms with Crippen molar-refractivity contribution in [3.63, 3.8) is 0 Å². The number of thiazole rings is 1. The third kappa shape index (κ3) is 4.48. The molecule has 0 saturated carbocycles. The molecule has 3 rings (SSSR count). The quantitative estimate of drug-likeness (QED) is 0.454. The van der Waals surface area contributed by atoms with Crippen LogP contribution in [0.3, 0.4) is 0 Å². The first kappa shape index (κ1) is 20.2. The number of benzene rings is 1. The number of nitrogens with zero attached hydrogens (tertiary/aromatic N) is 4. The van der Waals surface area contributed by atoms with E-state index in [1.165, 1.54) is 35.2 Å². The second-order valence-electron chi connectivity index (χ2n) is 6.12. The Labute approximate surface area is 170 Å². The summed E-state index contributed by atoms with van der Waals surface area (Å²) in [6.07, 6.45) is 1.73. The maximum Gasteiger partial charge on any atom is 0.239 e. The fraction of sp³-hybridized carbons (Fsp3) is 0.263. The number of rotatable bonds is 7. The van der Waals surface area contributed by atoms with Crippen LogP contribution in [0.5, 0.6) is 0 Å². The molecule has 2 aromatic heterocycles. The molecule has 9 heteroatoms. The molecular formula is C19H20FN5OS2. The predicted molar refractivity (Wildman–Crippen MR) is 111 cm³/mol. The van der Waals surface area contributed by atoms with E-state index in [1.807, 2.05) is 18.4 Å². The number of hydrogen-bond donors (Lipinski definition) is 1. The number of carbonyl (C=O) groups is 1. The van der Waals surface area contributed by atoms with Gasteiger partial charge in [0, 0.05) is 17.0 Å². The van der Waals surface area contributed by atoms with E-state index in [0.717, 1.165) is 16.1 Å². The van der Waals surface area contributed by atoms with Crippen LogP contribution in [0.2, 0.25) is 0 Å². The van der Waals surface area contributed by atoms with Crippen LogP contribution in [-0.2, 0) is 11.3 Å². The van der Waals surface area contributed by atoms with Gasteiger partial charge in [-0.25, -0.2) is 9.37 Å². The fourth-order valence-electron chi connectivity index (χ4n) is 2.43. The van der Waals surface area contributed by atoms with Gasteiger partial charge in [0.15, 0.2) is 16.1 Å². The third-order valence-electron chi connectivity index (χ3n) is 4.04. The van der Waals surface area contributed by atoms with E-state index in [0.29, 0.717) is 22.7 Å². The number of amides is 1. The van der Waals surface area contributed by atoms with E-state index < -0.39 is 5.25 Å². The van der Waals surface area contributed by atoms with Crippen molar-refractivity contribution in [2.75, 3.05) is 5.32 Å². The Hall–Kier alpha value is -2.52. The highest BCUT2D eigenvalue weighted by Crippen LogP contribution is 2.28. The smallest absolute Gasteiger partial charge is 0.239 e. The van der Waals surface area contributed by atoms with Gasteiger partial charge in [0.05, 0.1) is 10.9 Å². The number of allylic oxidation sites excluding steroid dienone is 1. The molecule has 0 aliphatic heterocycles. The second-order valence-corrected chi connectivity index (χ2v) is 8.63. The monoisotopic (exact) mass is 417 g/mol. The lowest BCUT2D eigenvalue weighted by atomic mass is 10.2. The fourth-order valence-corrected chi connectivity index (χ4v) is 4.10. The van der Waals surface area contributed by atoms with Crippen LogP contribution >= 0.6 is 23.1 Å². The van der Waals surface area contributed by atoms with Gasteiger partial charge in [0.25, 0.3) is 0 Å². The van der Waals surface area contributed by atoms with Crippen LogP contribution in [0.25, 0.3) is 11.4 Å². The highest BCUT2D eigenvalue weighted by molar-refractivity contribution is 8.00. The number of nitrogens with one attached hydrogen (secondary N) is 1. The van der Waals surface area contributed by atoms with E-state index in [2.05, 4.69) is 27.1 Å². The molecule has 1 unspecified atom stereocenters. The lowest BCUT2D eigenvalue weighted by Gasteiger charge is -2.12. The number of halogens is 1. The average molecular weight is 418 g/mol. The van der Waals surface area contributed by atoms with Crippen molar-refractivity contribution in [3.05, 3.63) is 53.3 Å². The number of thioether (sulfide) groups is 1. The third-order valence-corrected chi connectivity index (χ3v) is 6.11. The summed E-state index contributed by atoms with van der Waals surface area (Å²) in [5.41, 5.74) is 1.66. The number of anilines is 1. The minimum atomic E-state index is -0.404. The molecule has 28 heavy (non-hydrogen) atoms. The molecule has 0 spiro atoms. The molecule has 0 radical (unpaired) electrons. The van der Waals surface area contributed by atoms with Gasteiger partial charge in [-0.15, -0.1) is 28.1 Å². The van der Waals surface area contributed by atoms with Crippen molar-refractivity contribution < 1.29 is 9.18 Å². The average Bonchev–Trinajstić information content (AvgIpc) is 3.19. The molecule has 1 aromatic carbocycles. The van der Waals surface area contributed by atoms with E-state index in [4.69, 9.17) is 0 Å². The number of carbonyl (C=O) groups excluding carboxylic acids is 1. The van der Waals surface area contributed by atoms with Crippen molar-refractivity contribution in [2.45, 2.75) is 37.7 Å². The van der Waals surface area contributed by atoms with Crippen molar-refractivity contribution in [1.82, 2.24) is 19.7 Å². The van der Waals surface area contributed by atoms with Crippen LogP contribution in [0.15, 0.2) is 42.1 Å². The first-order valence-corrected chi connectivity index (χ1v) is 10.3. The largest absolute Gasteiger partial charge is 0.301 e. The summed E-state index contributed by atoms with van der Waals surface area (Å²) in [7, 11) is 0. The van der Waals surface area contributed by atoms with Gasteiger partial charge >= 0.3 is 0 Å². The zero-order chi connectivity index (χ0) is 20.3.